The lowest BCUT2D eigenvalue weighted by molar-refractivity contribution is 0.355. The molecule has 124 valence electrons. The molecule has 2 heterocycles. The van der Waals surface area contributed by atoms with E-state index in [4.69, 9.17) is 9.47 Å². The van der Waals surface area contributed by atoms with Gasteiger partial charge >= 0.3 is 0 Å². The Labute approximate surface area is 134 Å². The molecule has 1 saturated heterocycles. The highest BCUT2D eigenvalue weighted by Gasteiger charge is 2.17. The minimum Gasteiger partial charge on any atom is -0.493 e. The van der Waals surface area contributed by atoms with Crippen molar-refractivity contribution in [2.45, 2.75) is 19.4 Å². The molecule has 2 N–H and O–H groups in total. The fraction of sp³-hybridized carbons (Fsp3) is 0.500. The van der Waals surface area contributed by atoms with E-state index in [9.17, 15) is 4.79 Å². The van der Waals surface area contributed by atoms with Crippen LogP contribution in [-0.2, 0) is 0 Å². The molecular weight excluding hydrogens is 296 g/mol. The van der Waals surface area contributed by atoms with Crippen LogP contribution >= 0.6 is 0 Å². The van der Waals surface area contributed by atoms with E-state index < -0.39 is 0 Å². The minimum atomic E-state index is -0.170. The molecule has 0 spiro atoms. The number of fused-ring (bicyclic) bond motifs is 1. The Morgan fingerprint density at radius 1 is 1.22 bits per heavy atom. The molecule has 23 heavy (non-hydrogen) atoms. The fourth-order valence-corrected chi connectivity index (χ4v) is 2.82. The number of H-pyrrole nitrogens is 1. The van der Waals surface area contributed by atoms with Crippen LogP contribution in [0.4, 0.5) is 5.95 Å². The van der Waals surface area contributed by atoms with Crippen LogP contribution in [0.5, 0.6) is 11.5 Å². The molecule has 1 aliphatic heterocycles. The first-order valence-corrected chi connectivity index (χ1v) is 7.76. The van der Waals surface area contributed by atoms with E-state index in [2.05, 4.69) is 27.1 Å². The van der Waals surface area contributed by atoms with Crippen LogP contribution in [-0.4, -0.2) is 49.9 Å². The van der Waals surface area contributed by atoms with Crippen molar-refractivity contribution in [3.63, 3.8) is 0 Å². The topological polar surface area (TPSA) is 79.5 Å². The highest BCUT2D eigenvalue weighted by molar-refractivity contribution is 5.82. The Kier molecular flexibility index (Phi) is 4.38. The van der Waals surface area contributed by atoms with Crippen LogP contribution in [0.2, 0.25) is 0 Å². The van der Waals surface area contributed by atoms with Crippen molar-refractivity contribution in [3.05, 3.63) is 22.5 Å². The van der Waals surface area contributed by atoms with Crippen molar-refractivity contribution in [2.75, 3.05) is 38.8 Å². The first-order chi connectivity index (χ1) is 11.1. The van der Waals surface area contributed by atoms with Gasteiger partial charge < -0.3 is 19.7 Å². The van der Waals surface area contributed by atoms with Gasteiger partial charge in [-0.05, 0) is 19.4 Å². The van der Waals surface area contributed by atoms with Gasteiger partial charge in [-0.15, -0.1) is 0 Å². The predicted molar refractivity (Wildman–Crippen MR) is 89.8 cm³/mol. The van der Waals surface area contributed by atoms with Crippen molar-refractivity contribution < 1.29 is 9.47 Å². The Bertz CT molecular complexity index is 759. The quantitative estimate of drug-likeness (QED) is 0.883. The summed E-state index contributed by atoms with van der Waals surface area (Å²) in [5, 5.41) is 3.92. The van der Waals surface area contributed by atoms with Gasteiger partial charge in [0.2, 0.25) is 5.95 Å². The van der Waals surface area contributed by atoms with Crippen LogP contribution in [0.1, 0.15) is 13.3 Å². The number of anilines is 1. The summed E-state index contributed by atoms with van der Waals surface area (Å²) in [6.07, 6.45) is 1.01. The molecule has 1 aromatic heterocycles. The third kappa shape index (κ3) is 3.10. The number of ether oxygens (including phenoxy) is 2. The molecule has 1 aromatic carbocycles. The zero-order valence-electron chi connectivity index (χ0n) is 13.7. The minimum absolute atomic E-state index is 0.170. The highest BCUT2D eigenvalue weighted by atomic mass is 16.5. The largest absolute Gasteiger partial charge is 0.493 e. The number of benzene rings is 1. The lowest BCUT2D eigenvalue weighted by atomic mass is 10.2. The zero-order chi connectivity index (χ0) is 16.4. The molecule has 7 heteroatoms. The van der Waals surface area contributed by atoms with Crippen LogP contribution < -0.4 is 25.2 Å². The monoisotopic (exact) mass is 318 g/mol. The van der Waals surface area contributed by atoms with Crippen molar-refractivity contribution in [2.24, 2.45) is 0 Å². The van der Waals surface area contributed by atoms with E-state index in [0.29, 0.717) is 34.4 Å². The van der Waals surface area contributed by atoms with Gasteiger partial charge in [-0.25, -0.2) is 4.98 Å². The molecule has 0 aliphatic carbocycles. The second-order valence-electron chi connectivity index (χ2n) is 5.74. The van der Waals surface area contributed by atoms with Crippen LogP contribution in [0, 0.1) is 0 Å². The fourth-order valence-electron chi connectivity index (χ4n) is 2.82. The Balaban J connectivity index is 2.04. The number of aromatic nitrogens is 2. The highest BCUT2D eigenvalue weighted by Crippen LogP contribution is 2.30. The first-order valence-electron chi connectivity index (χ1n) is 7.76. The van der Waals surface area contributed by atoms with Crippen molar-refractivity contribution in [1.29, 1.82) is 0 Å². The van der Waals surface area contributed by atoms with Crippen molar-refractivity contribution in [1.82, 2.24) is 15.3 Å². The number of hydrogen-bond donors (Lipinski definition) is 2. The summed E-state index contributed by atoms with van der Waals surface area (Å²) in [5.41, 5.74) is 0.433. The summed E-state index contributed by atoms with van der Waals surface area (Å²) >= 11 is 0. The van der Waals surface area contributed by atoms with Gasteiger partial charge in [0.1, 0.15) is 0 Å². The first kappa shape index (κ1) is 15.6. The molecule has 0 saturated carbocycles. The summed E-state index contributed by atoms with van der Waals surface area (Å²) in [4.78, 5) is 22.0. The van der Waals surface area contributed by atoms with E-state index in [1.807, 2.05) is 0 Å². The maximum absolute atomic E-state index is 12.4. The molecule has 0 amide bonds. The molecule has 0 bridgehead atoms. The second-order valence-corrected chi connectivity index (χ2v) is 5.74. The van der Waals surface area contributed by atoms with Gasteiger partial charge in [0, 0.05) is 31.7 Å². The van der Waals surface area contributed by atoms with Crippen LogP contribution in [0.15, 0.2) is 16.9 Å². The summed E-state index contributed by atoms with van der Waals surface area (Å²) < 4.78 is 10.6. The number of methoxy groups -OCH3 is 2. The zero-order valence-corrected chi connectivity index (χ0v) is 13.7. The number of hydrogen-bond acceptors (Lipinski definition) is 6. The lowest BCUT2D eigenvalue weighted by Gasteiger charge is -2.20. The van der Waals surface area contributed by atoms with E-state index in [1.54, 1.807) is 26.4 Å². The molecule has 1 fully saturated rings. The third-order valence-electron chi connectivity index (χ3n) is 4.20. The molecule has 2 aromatic rings. The van der Waals surface area contributed by atoms with Gasteiger partial charge in [-0.1, -0.05) is 0 Å². The average Bonchev–Trinajstić information content (AvgIpc) is 2.78. The molecular formula is C16H22N4O3. The molecule has 3 rings (SSSR count). The van der Waals surface area contributed by atoms with Crippen LogP contribution in [0.25, 0.3) is 10.9 Å². The molecule has 1 atom stereocenters. The maximum Gasteiger partial charge on any atom is 0.260 e. The van der Waals surface area contributed by atoms with Gasteiger partial charge in [0.15, 0.2) is 11.5 Å². The van der Waals surface area contributed by atoms with Gasteiger partial charge in [0.25, 0.3) is 5.56 Å². The predicted octanol–water partition coefficient (Wildman–Crippen LogP) is 1.13. The third-order valence-corrected chi connectivity index (χ3v) is 4.20. The van der Waals surface area contributed by atoms with E-state index in [0.717, 1.165) is 26.1 Å². The number of nitrogens with zero attached hydrogens (tertiary/aromatic N) is 2. The summed E-state index contributed by atoms with van der Waals surface area (Å²) in [6.45, 7) is 4.70. The maximum atomic E-state index is 12.4. The van der Waals surface area contributed by atoms with Crippen LogP contribution in [0.3, 0.4) is 0 Å². The van der Waals surface area contributed by atoms with E-state index >= 15 is 0 Å². The number of nitrogens with one attached hydrogen (secondary N) is 2. The van der Waals surface area contributed by atoms with Gasteiger partial charge in [-0.2, -0.15) is 0 Å². The second kappa shape index (κ2) is 6.45. The SMILES string of the molecule is COc1cc2nc(N3CCNC(C)CC3)[nH]c(=O)c2cc1OC. The number of aromatic amines is 1. The van der Waals surface area contributed by atoms with Crippen molar-refractivity contribution in [3.8, 4) is 11.5 Å². The normalized spacial score (nSPS) is 18.7. The number of rotatable bonds is 3. The smallest absolute Gasteiger partial charge is 0.260 e. The average molecular weight is 318 g/mol. The molecule has 1 aliphatic rings. The Morgan fingerprint density at radius 2 is 1.96 bits per heavy atom. The standard InChI is InChI=1S/C16H22N4O3/c1-10-4-6-20(7-5-17-10)16-18-12-9-14(23-3)13(22-2)8-11(12)15(21)19-16/h8-10,17H,4-7H2,1-3H3,(H,18,19,21). The van der Waals surface area contributed by atoms with Gasteiger partial charge in [-0.3, -0.25) is 9.78 Å². The summed E-state index contributed by atoms with van der Waals surface area (Å²) in [6, 6.07) is 3.87. The van der Waals surface area contributed by atoms with Gasteiger partial charge in [0.05, 0.1) is 25.1 Å². The lowest BCUT2D eigenvalue weighted by Crippen LogP contribution is -2.31. The van der Waals surface area contributed by atoms with Crippen molar-refractivity contribution >= 4 is 16.9 Å². The summed E-state index contributed by atoms with van der Waals surface area (Å²) in [7, 11) is 3.12. The Morgan fingerprint density at radius 3 is 2.70 bits per heavy atom. The molecule has 1 unspecified atom stereocenters. The molecule has 0 radical (unpaired) electrons. The Hall–Kier alpha value is -2.28. The summed E-state index contributed by atoms with van der Waals surface area (Å²) in [5.74, 6) is 1.69. The van der Waals surface area contributed by atoms with E-state index in [-0.39, 0.29) is 5.56 Å². The van der Waals surface area contributed by atoms with E-state index in [1.165, 1.54) is 0 Å². The molecule has 7 nitrogen and oxygen atoms in total.